The molecule has 0 saturated heterocycles. The Labute approximate surface area is 70.6 Å². The highest BCUT2D eigenvalue weighted by atomic mass is 19.1. The molecule has 1 rings (SSSR count). The third-order valence-electron chi connectivity index (χ3n) is 1.02. The smallest absolute Gasteiger partial charge is 0.219 e. The first-order valence-electron chi connectivity index (χ1n) is 3.64. The van der Waals surface area contributed by atoms with Crippen LogP contribution < -0.4 is 4.74 Å². The molecule has 0 saturated carbocycles. The van der Waals surface area contributed by atoms with Crippen molar-refractivity contribution >= 4 is 0 Å². The molecule has 1 heterocycles. The summed E-state index contributed by atoms with van der Waals surface area (Å²) in [6, 6.07) is 1.16. The molecule has 0 spiro atoms. The van der Waals surface area contributed by atoms with E-state index in [-0.39, 0.29) is 11.5 Å². The van der Waals surface area contributed by atoms with Crippen LogP contribution in [0.25, 0.3) is 0 Å². The van der Waals surface area contributed by atoms with Crippen LogP contribution in [0.15, 0.2) is 12.4 Å². The number of halogens is 1. The average molecular weight is 170 g/mol. The van der Waals surface area contributed by atoms with Gasteiger partial charge in [-0.1, -0.05) is 0 Å². The minimum atomic E-state index is -0.579. The van der Waals surface area contributed by atoms with Crippen LogP contribution in [0.2, 0.25) is 0 Å². The van der Waals surface area contributed by atoms with Gasteiger partial charge in [-0.3, -0.25) is 0 Å². The molecule has 0 aromatic carbocycles. The number of hydrogen-bond donors (Lipinski definition) is 0. The first-order chi connectivity index (χ1) is 5.47. The Morgan fingerprint density at radius 3 is 2.50 bits per heavy atom. The Hall–Kier alpha value is -1.19. The molecule has 0 amide bonds. The molecule has 12 heavy (non-hydrogen) atoms. The van der Waals surface area contributed by atoms with Gasteiger partial charge in [-0.05, 0) is 20.8 Å². The highest BCUT2D eigenvalue weighted by Gasteiger charge is 2.12. The van der Waals surface area contributed by atoms with E-state index in [0.717, 1.165) is 12.4 Å². The maximum Gasteiger partial charge on any atom is 0.219 e. The molecule has 0 unspecified atom stereocenters. The molecule has 0 radical (unpaired) electrons. The fourth-order valence-corrected chi connectivity index (χ4v) is 0.687. The standard InChI is InChI=1S/C8H11FN2O/c1-8(2,3)12-7-4-6(9)10-5-11-7/h4-5H,1-3H3. The predicted molar refractivity (Wildman–Crippen MR) is 42.4 cm³/mol. The number of ether oxygens (including phenoxy) is 1. The molecule has 0 atom stereocenters. The molecule has 0 aliphatic rings. The van der Waals surface area contributed by atoms with Gasteiger partial charge in [-0.2, -0.15) is 4.39 Å². The van der Waals surface area contributed by atoms with Gasteiger partial charge in [0.15, 0.2) is 0 Å². The Morgan fingerprint density at radius 1 is 1.33 bits per heavy atom. The predicted octanol–water partition coefficient (Wildman–Crippen LogP) is 1.79. The molecule has 0 fully saturated rings. The van der Waals surface area contributed by atoms with Crippen LogP contribution in [-0.4, -0.2) is 15.6 Å². The van der Waals surface area contributed by atoms with Crippen molar-refractivity contribution in [3.8, 4) is 5.88 Å². The number of aromatic nitrogens is 2. The van der Waals surface area contributed by atoms with Crippen molar-refractivity contribution in [2.45, 2.75) is 26.4 Å². The van der Waals surface area contributed by atoms with Crippen molar-refractivity contribution in [2.75, 3.05) is 0 Å². The maximum absolute atomic E-state index is 12.5. The summed E-state index contributed by atoms with van der Waals surface area (Å²) in [6.45, 7) is 5.60. The van der Waals surface area contributed by atoms with Crippen molar-refractivity contribution in [1.82, 2.24) is 9.97 Å². The first-order valence-corrected chi connectivity index (χ1v) is 3.64. The summed E-state index contributed by atoms with van der Waals surface area (Å²) in [7, 11) is 0. The fraction of sp³-hybridized carbons (Fsp3) is 0.500. The van der Waals surface area contributed by atoms with Gasteiger partial charge < -0.3 is 4.74 Å². The third-order valence-corrected chi connectivity index (χ3v) is 1.02. The zero-order valence-corrected chi connectivity index (χ0v) is 7.34. The normalized spacial score (nSPS) is 11.3. The quantitative estimate of drug-likeness (QED) is 0.603. The lowest BCUT2D eigenvalue weighted by atomic mass is 10.2. The topological polar surface area (TPSA) is 35.0 Å². The first kappa shape index (κ1) is 8.90. The van der Waals surface area contributed by atoms with Crippen molar-refractivity contribution in [3.05, 3.63) is 18.3 Å². The summed E-state index contributed by atoms with van der Waals surface area (Å²) in [6.07, 6.45) is 1.14. The lowest BCUT2D eigenvalue weighted by Crippen LogP contribution is -2.23. The Balaban J connectivity index is 2.77. The average Bonchev–Trinajstić information content (AvgIpc) is 1.82. The summed E-state index contributed by atoms with van der Waals surface area (Å²) in [4.78, 5) is 7.06. The second kappa shape index (κ2) is 3.05. The van der Waals surface area contributed by atoms with Crippen molar-refractivity contribution in [1.29, 1.82) is 0 Å². The molecule has 0 N–H and O–H groups in total. The molecule has 4 heteroatoms. The van der Waals surface area contributed by atoms with Gasteiger partial charge in [0.05, 0.1) is 6.07 Å². The molecule has 1 aromatic heterocycles. The van der Waals surface area contributed by atoms with Gasteiger partial charge in [0.25, 0.3) is 0 Å². The van der Waals surface area contributed by atoms with Gasteiger partial charge in [0.2, 0.25) is 11.8 Å². The van der Waals surface area contributed by atoms with Crippen LogP contribution in [0.3, 0.4) is 0 Å². The van der Waals surface area contributed by atoms with E-state index in [9.17, 15) is 4.39 Å². The Kier molecular flexibility index (Phi) is 2.26. The van der Waals surface area contributed by atoms with E-state index in [1.165, 1.54) is 0 Å². The summed E-state index contributed by atoms with van der Waals surface area (Å²) in [5.74, 6) is -0.320. The molecule has 0 aliphatic carbocycles. The fourth-order valence-electron chi connectivity index (χ4n) is 0.687. The zero-order valence-electron chi connectivity index (χ0n) is 7.34. The Morgan fingerprint density at radius 2 is 2.00 bits per heavy atom. The summed E-state index contributed by atoms with van der Waals surface area (Å²) < 4.78 is 17.8. The number of nitrogens with zero attached hydrogens (tertiary/aromatic N) is 2. The minimum Gasteiger partial charge on any atom is -0.472 e. The van der Waals surface area contributed by atoms with E-state index in [1.807, 2.05) is 20.8 Å². The van der Waals surface area contributed by atoms with Crippen molar-refractivity contribution < 1.29 is 9.13 Å². The van der Waals surface area contributed by atoms with Crippen molar-refractivity contribution in [3.63, 3.8) is 0 Å². The van der Waals surface area contributed by atoms with Gasteiger partial charge in [-0.25, -0.2) is 9.97 Å². The van der Waals surface area contributed by atoms with E-state index in [4.69, 9.17) is 4.74 Å². The summed E-state index contributed by atoms with van der Waals surface area (Å²) in [5.41, 5.74) is -0.360. The molecule has 1 aromatic rings. The lowest BCUT2D eigenvalue weighted by molar-refractivity contribution is 0.123. The van der Waals surface area contributed by atoms with E-state index >= 15 is 0 Å². The molecule has 0 bridgehead atoms. The zero-order chi connectivity index (χ0) is 9.19. The van der Waals surface area contributed by atoms with Crippen LogP contribution >= 0.6 is 0 Å². The van der Waals surface area contributed by atoms with E-state index < -0.39 is 5.95 Å². The van der Waals surface area contributed by atoms with Crippen LogP contribution in [0.4, 0.5) is 4.39 Å². The second-order valence-electron chi connectivity index (χ2n) is 3.39. The van der Waals surface area contributed by atoms with Gasteiger partial charge in [0.1, 0.15) is 11.9 Å². The monoisotopic (exact) mass is 170 g/mol. The van der Waals surface area contributed by atoms with Gasteiger partial charge in [0, 0.05) is 0 Å². The number of rotatable bonds is 1. The minimum absolute atomic E-state index is 0.259. The highest BCUT2D eigenvalue weighted by Crippen LogP contribution is 2.14. The molecular weight excluding hydrogens is 159 g/mol. The second-order valence-corrected chi connectivity index (χ2v) is 3.39. The van der Waals surface area contributed by atoms with Crippen LogP contribution in [0.5, 0.6) is 5.88 Å². The summed E-state index contributed by atoms with van der Waals surface area (Å²) >= 11 is 0. The largest absolute Gasteiger partial charge is 0.472 e. The van der Waals surface area contributed by atoms with E-state index in [0.29, 0.717) is 0 Å². The SMILES string of the molecule is CC(C)(C)Oc1cc(F)ncn1. The highest BCUT2D eigenvalue weighted by molar-refractivity contribution is 5.07. The molecule has 66 valence electrons. The maximum atomic E-state index is 12.5. The van der Waals surface area contributed by atoms with E-state index in [2.05, 4.69) is 9.97 Å². The van der Waals surface area contributed by atoms with Crippen LogP contribution in [0.1, 0.15) is 20.8 Å². The molecule has 0 aliphatic heterocycles. The molecular formula is C8H11FN2O. The van der Waals surface area contributed by atoms with Crippen molar-refractivity contribution in [2.24, 2.45) is 0 Å². The molecule has 3 nitrogen and oxygen atoms in total. The van der Waals surface area contributed by atoms with Crippen LogP contribution in [0, 0.1) is 5.95 Å². The summed E-state index contributed by atoms with van der Waals surface area (Å²) in [5, 5.41) is 0. The number of hydrogen-bond acceptors (Lipinski definition) is 3. The lowest BCUT2D eigenvalue weighted by Gasteiger charge is -2.19. The van der Waals surface area contributed by atoms with Gasteiger partial charge in [-0.15, -0.1) is 0 Å². The third kappa shape index (κ3) is 2.82. The van der Waals surface area contributed by atoms with Gasteiger partial charge >= 0.3 is 0 Å². The van der Waals surface area contributed by atoms with Crippen LogP contribution in [-0.2, 0) is 0 Å². The van der Waals surface area contributed by atoms with E-state index in [1.54, 1.807) is 0 Å². The Bertz CT molecular complexity index is 270.